The number of imide groups is 1. The lowest BCUT2D eigenvalue weighted by molar-refractivity contribution is -0.122. The maximum Gasteiger partial charge on any atom is 0.252 e. The zero-order valence-electron chi connectivity index (χ0n) is 17.7. The average Bonchev–Trinajstić information content (AvgIpc) is 3.11. The Morgan fingerprint density at radius 3 is 2.21 bits per heavy atom. The van der Waals surface area contributed by atoms with Crippen LogP contribution < -0.4 is 9.64 Å². The first-order valence-corrected chi connectivity index (χ1v) is 11.6. The number of rotatable bonds is 7. The van der Waals surface area contributed by atoms with Gasteiger partial charge in [0.25, 0.3) is 5.91 Å². The van der Waals surface area contributed by atoms with Gasteiger partial charge in [0, 0.05) is 6.54 Å². The summed E-state index contributed by atoms with van der Waals surface area (Å²) in [6.45, 7) is -0.124. The van der Waals surface area contributed by atoms with Gasteiger partial charge in [-0.05, 0) is 54.1 Å². The zero-order chi connectivity index (χ0) is 23.6. The summed E-state index contributed by atoms with van der Waals surface area (Å²) < 4.78 is 46.6. The van der Waals surface area contributed by atoms with Crippen LogP contribution in [0.1, 0.15) is 12.0 Å². The molecule has 1 heterocycles. The minimum absolute atomic E-state index is 0.124. The van der Waals surface area contributed by atoms with E-state index in [-0.39, 0.29) is 17.9 Å². The predicted octanol–water partition coefficient (Wildman–Crippen LogP) is 3.36. The Hall–Kier alpha value is -3.56. The van der Waals surface area contributed by atoms with Crippen LogP contribution in [0.2, 0.25) is 0 Å². The lowest BCUT2D eigenvalue weighted by atomic mass is 10.2. The highest BCUT2D eigenvalue weighted by atomic mass is 32.2. The summed E-state index contributed by atoms with van der Waals surface area (Å²) in [4.78, 5) is 27.0. The van der Waals surface area contributed by atoms with Gasteiger partial charge in [-0.15, -0.1) is 0 Å². The first kappa shape index (κ1) is 22.6. The van der Waals surface area contributed by atoms with Crippen molar-refractivity contribution in [2.45, 2.75) is 23.9 Å². The van der Waals surface area contributed by atoms with Crippen molar-refractivity contribution in [2.75, 3.05) is 12.0 Å². The largest absolute Gasteiger partial charge is 0.497 e. The second kappa shape index (κ2) is 9.13. The molecular weight excluding hydrogens is 447 g/mol. The van der Waals surface area contributed by atoms with Crippen LogP contribution in [0.15, 0.2) is 83.8 Å². The van der Waals surface area contributed by atoms with Crippen molar-refractivity contribution >= 4 is 27.5 Å². The van der Waals surface area contributed by atoms with Crippen molar-refractivity contribution in [3.8, 4) is 5.75 Å². The number of carbonyl (C=O) groups excluding carboxylic acids is 2. The summed E-state index contributed by atoms with van der Waals surface area (Å²) in [7, 11) is -2.73. The molecule has 0 aliphatic carbocycles. The van der Waals surface area contributed by atoms with Gasteiger partial charge >= 0.3 is 0 Å². The summed E-state index contributed by atoms with van der Waals surface area (Å²) in [5, 5.41) is 0. The summed E-state index contributed by atoms with van der Waals surface area (Å²) in [5.74, 6) is -1.19. The fourth-order valence-corrected chi connectivity index (χ4v) is 5.28. The average molecular weight is 469 g/mol. The monoisotopic (exact) mass is 468 g/mol. The predicted molar refractivity (Wildman–Crippen MR) is 119 cm³/mol. The lowest BCUT2D eigenvalue weighted by Gasteiger charge is -2.27. The van der Waals surface area contributed by atoms with Crippen molar-refractivity contribution in [1.82, 2.24) is 4.31 Å². The first-order chi connectivity index (χ1) is 15.8. The normalized spacial score (nSPS) is 16.5. The molecule has 0 saturated carbocycles. The van der Waals surface area contributed by atoms with E-state index >= 15 is 0 Å². The van der Waals surface area contributed by atoms with Crippen molar-refractivity contribution < 1.29 is 27.1 Å². The van der Waals surface area contributed by atoms with Gasteiger partial charge in [-0.2, -0.15) is 4.31 Å². The maximum atomic E-state index is 13.5. The lowest BCUT2D eigenvalue weighted by Crippen LogP contribution is -2.45. The molecular formula is C24H21FN2O5S. The molecule has 33 heavy (non-hydrogen) atoms. The molecule has 0 N–H and O–H groups in total. The Morgan fingerprint density at radius 1 is 0.970 bits per heavy atom. The Morgan fingerprint density at radius 2 is 1.61 bits per heavy atom. The zero-order valence-corrected chi connectivity index (χ0v) is 18.5. The van der Waals surface area contributed by atoms with Crippen molar-refractivity contribution in [3.05, 3.63) is 90.2 Å². The van der Waals surface area contributed by atoms with Crippen LogP contribution in [0.25, 0.3) is 0 Å². The number of benzene rings is 3. The summed E-state index contributed by atoms with van der Waals surface area (Å²) in [6, 6.07) is 18.2. The fourth-order valence-electron chi connectivity index (χ4n) is 3.71. The quantitative estimate of drug-likeness (QED) is 0.497. The van der Waals surface area contributed by atoms with Crippen LogP contribution in [-0.2, 0) is 26.2 Å². The van der Waals surface area contributed by atoms with Gasteiger partial charge in [0.05, 0.1) is 24.1 Å². The highest BCUT2D eigenvalue weighted by molar-refractivity contribution is 7.89. The third-order valence-corrected chi connectivity index (χ3v) is 7.27. The van der Waals surface area contributed by atoms with Gasteiger partial charge < -0.3 is 4.74 Å². The molecule has 0 spiro atoms. The summed E-state index contributed by atoms with van der Waals surface area (Å²) in [5.41, 5.74) is 0.971. The van der Waals surface area contributed by atoms with E-state index in [4.69, 9.17) is 4.74 Å². The third kappa shape index (κ3) is 4.50. The number of anilines is 1. The van der Waals surface area contributed by atoms with Crippen molar-refractivity contribution in [1.29, 1.82) is 0 Å². The molecule has 9 heteroatoms. The highest BCUT2D eigenvalue weighted by Gasteiger charge is 2.47. The topological polar surface area (TPSA) is 84.0 Å². The summed E-state index contributed by atoms with van der Waals surface area (Å²) in [6.07, 6.45) is -0.307. The number of amides is 2. The molecule has 170 valence electrons. The Balaban J connectivity index is 1.73. The van der Waals surface area contributed by atoms with Crippen LogP contribution >= 0.6 is 0 Å². The van der Waals surface area contributed by atoms with E-state index in [2.05, 4.69) is 0 Å². The molecule has 1 aliphatic heterocycles. The first-order valence-electron chi connectivity index (χ1n) is 10.1. The Bertz CT molecular complexity index is 1260. The molecule has 4 rings (SSSR count). The van der Waals surface area contributed by atoms with Gasteiger partial charge in [0.2, 0.25) is 15.9 Å². The number of sulfonamides is 1. The number of hydrogen-bond acceptors (Lipinski definition) is 5. The molecule has 1 aliphatic rings. The molecule has 0 bridgehead atoms. The van der Waals surface area contributed by atoms with Crippen LogP contribution in [-0.4, -0.2) is 37.7 Å². The fraction of sp³-hybridized carbons (Fsp3) is 0.167. The van der Waals surface area contributed by atoms with Gasteiger partial charge in [-0.1, -0.05) is 30.3 Å². The van der Waals surface area contributed by atoms with Gasteiger partial charge in [0.1, 0.15) is 17.6 Å². The molecule has 1 fully saturated rings. The number of nitrogens with zero attached hydrogens (tertiary/aromatic N) is 2. The molecule has 1 atom stereocenters. The number of ether oxygens (including phenoxy) is 1. The van der Waals surface area contributed by atoms with Crippen LogP contribution in [0.4, 0.5) is 10.1 Å². The second-order valence-corrected chi connectivity index (χ2v) is 9.37. The minimum atomic E-state index is -4.23. The van der Waals surface area contributed by atoms with E-state index in [9.17, 15) is 22.4 Å². The Kier molecular flexibility index (Phi) is 6.26. The van der Waals surface area contributed by atoms with Gasteiger partial charge in [0.15, 0.2) is 0 Å². The molecule has 1 saturated heterocycles. The minimum Gasteiger partial charge on any atom is -0.497 e. The van der Waals surface area contributed by atoms with Gasteiger partial charge in [-0.25, -0.2) is 17.7 Å². The molecule has 7 nitrogen and oxygen atoms in total. The highest BCUT2D eigenvalue weighted by Crippen LogP contribution is 2.31. The number of hydrogen-bond donors (Lipinski definition) is 0. The molecule has 0 aromatic heterocycles. The van der Waals surface area contributed by atoms with E-state index in [0.29, 0.717) is 17.0 Å². The van der Waals surface area contributed by atoms with Crippen LogP contribution in [0, 0.1) is 5.82 Å². The Labute approximate surface area is 191 Å². The summed E-state index contributed by atoms with van der Waals surface area (Å²) >= 11 is 0. The molecule has 1 unspecified atom stereocenters. The second-order valence-electron chi connectivity index (χ2n) is 7.48. The van der Waals surface area contributed by atoms with E-state index in [1.54, 1.807) is 54.6 Å². The van der Waals surface area contributed by atoms with Crippen LogP contribution in [0.5, 0.6) is 5.75 Å². The van der Waals surface area contributed by atoms with E-state index in [1.807, 2.05) is 0 Å². The van der Waals surface area contributed by atoms with Crippen molar-refractivity contribution in [3.63, 3.8) is 0 Å². The van der Waals surface area contributed by atoms with Crippen molar-refractivity contribution in [2.24, 2.45) is 0 Å². The van der Waals surface area contributed by atoms with E-state index in [1.165, 1.54) is 7.11 Å². The van der Waals surface area contributed by atoms with Gasteiger partial charge in [-0.3, -0.25) is 9.59 Å². The SMILES string of the molecule is COc1ccc(N2C(=O)CC(N(Cc3ccccc3)S(=O)(=O)c3ccc(F)cc3)C2=O)cc1. The number of methoxy groups -OCH3 is 1. The molecule has 0 radical (unpaired) electrons. The number of carbonyl (C=O) groups is 2. The molecule has 3 aromatic carbocycles. The smallest absolute Gasteiger partial charge is 0.252 e. The van der Waals surface area contributed by atoms with E-state index < -0.39 is 33.7 Å². The standard InChI is InChI=1S/C24H21FN2O5S/c1-32-20-11-9-19(10-12-20)27-23(28)15-22(24(27)29)26(16-17-5-3-2-4-6-17)33(30,31)21-13-7-18(25)8-14-21/h2-14,22H,15-16H2,1H3. The maximum absolute atomic E-state index is 13.5. The van der Waals surface area contributed by atoms with E-state index in [0.717, 1.165) is 33.5 Å². The molecule has 2 amide bonds. The van der Waals surface area contributed by atoms with Crippen LogP contribution in [0.3, 0.4) is 0 Å². The molecule has 3 aromatic rings. The number of halogens is 1. The third-order valence-electron chi connectivity index (χ3n) is 5.40.